The second-order valence-corrected chi connectivity index (χ2v) is 5.47. The Morgan fingerprint density at radius 1 is 1.26 bits per heavy atom. The highest BCUT2D eigenvalue weighted by Gasteiger charge is 2.39. The predicted octanol–water partition coefficient (Wildman–Crippen LogP) is 1.85. The average Bonchev–Trinajstić information content (AvgIpc) is 2.77. The Balaban J connectivity index is 1.77. The van der Waals surface area contributed by atoms with Gasteiger partial charge in [-0.25, -0.2) is 4.79 Å². The number of nitrogens with zero attached hydrogens (tertiary/aromatic N) is 2. The highest BCUT2D eigenvalue weighted by molar-refractivity contribution is 5.77. The Hall–Kier alpha value is -1.55. The van der Waals surface area contributed by atoms with Gasteiger partial charge in [-0.05, 0) is 24.9 Å². The molecule has 1 aromatic rings. The van der Waals surface area contributed by atoms with Crippen LogP contribution in [0, 0.1) is 0 Å². The molecule has 2 fully saturated rings. The van der Waals surface area contributed by atoms with Crippen LogP contribution >= 0.6 is 0 Å². The third kappa shape index (κ3) is 2.32. The summed E-state index contributed by atoms with van der Waals surface area (Å²) in [5.41, 5.74) is 1.23. The molecule has 3 rings (SSSR count). The summed E-state index contributed by atoms with van der Waals surface area (Å²) in [6.07, 6.45) is 2.28. The zero-order valence-corrected chi connectivity index (χ0v) is 11.4. The van der Waals surface area contributed by atoms with Crippen LogP contribution in [0.4, 0.5) is 4.79 Å². The SMILES string of the molecule is CN1C(=O)N(C2CCCNC2)CC1c1ccccc1. The monoisotopic (exact) mass is 259 g/mol. The summed E-state index contributed by atoms with van der Waals surface area (Å²) in [6, 6.07) is 11.0. The Labute approximate surface area is 114 Å². The first-order valence-electron chi connectivity index (χ1n) is 7.06. The van der Waals surface area contributed by atoms with Gasteiger partial charge in [-0.2, -0.15) is 0 Å². The molecule has 0 saturated carbocycles. The minimum atomic E-state index is 0.169. The van der Waals surface area contributed by atoms with Gasteiger partial charge in [0, 0.05) is 26.2 Å². The van der Waals surface area contributed by atoms with Gasteiger partial charge in [-0.3, -0.25) is 0 Å². The van der Waals surface area contributed by atoms with Gasteiger partial charge in [0.2, 0.25) is 0 Å². The van der Waals surface area contributed by atoms with Crippen molar-refractivity contribution in [2.75, 3.05) is 26.7 Å². The van der Waals surface area contributed by atoms with Crippen molar-refractivity contribution in [2.45, 2.75) is 24.9 Å². The maximum atomic E-state index is 12.4. The van der Waals surface area contributed by atoms with Gasteiger partial charge in [-0.1, -0.05) is 30.3 Å². The summed E-state index contributed by atoms with van der Waals surface area (Å²) in [5.74, 6) is 0. The minimum absolute atomic E-state index is 0.169. The van der Waals surface area contributed by atoms with E-state index in [2.05, 4.69) is 17.4 Å². The Morgan fingerprint density at radius 2 is 2.05 bits per heavy atom. The van der Waals surface area contributed by atoms with Crippen LogP contribution in [0.1, 0.15) is 24.4 Å². The Morgan fingerprint density at radius 3 is 2.74 bits per heavy atom. The summed E-state index contributed by atoms with van der Waals surface area (Å²) in [6.45, 7) is 2.82. The van der Waals surface area contributed by atoms with E-state index in [9.17, 15) is 4.79 Å². The van der Waals surface area contributed by atoms with Crippen molar-refractivity contribution in [1.29, 1.82) is 0 Å². The van der Waals surface area contributed by atoms with Gasteiger partial charge in [0.15, 0.2) is 0 Å². The fraction of sp³-hybridized carbons (Fsp3) is 0.533. The number of likely N-dealkylation sites (N-methyl/N-ethyl adjacent to an activating group) is 1. The van der Waals surface area contributed by atoms with E-state index in [0.717, 1.165) is 32.5 Å². The first-order valence-corrected chi connectivity index (χ1v) is 7.06. The first kappa shape index (κ1) is 12.5. The normalized spacial score (nSPS) is 27.9. The quantitative estimate of drug-likeness (QED) is 0.879. The molecule has 4 heteroatoms. The van der Waals surface area contributed by atoms with Gasteiger partial charge < -0.3 is 15.1 Å². The molecule has 1 N–H and O–H groups in total. The summed E-state index contributed by atoms with van der Waals surface area (Å²) in [5, 5.41) is 3.39. The lowest BCUT2D eigenvalue weighted by atomic mass is 10.0. The molecule has 2 amide bonds. The topological polar surface area (TPSA) is 35.6 Å². The van der Waals surface area contributed by atoms with Gasteiger partial charge in [0.1, 0.15) is 0 Å². The van der Waals surface area contributed by atoms with E-state index in [1.165, 1.54) is 5.56 Å². The summed E-state index contributed by atoms with van der Waals surface area (Å²) in [4.78, 5) is 16.3. The smallest absolute Gasteiger partial charge is 0.319 e. The molecule has 102 valence electrons. The molecule has 1 aromatic carbocycles. The van der Waals surface area contributed by atoms with Crippen LogP contribution < -0.4 is 5.32 Å². The molecule has 4 nitrogen and oxygen atoms in total. The van der Waals surface area contributed by atoms with Gasteiger partial charge in [0.05, 0.1) is 6.04 Å². The lowest BCUT2D eigenvalue weighted by molar-refractivity contribution is 0.171. The zero-order valence-electron chi connectivity index (χ0n) is 11.4. The number of benzene rings is 1. The minimum Gasteiger partial charge on any atom is -0.319 e. The molecule has 0 aromatic heterocycles. The fourth-order valence-electron chi connectivity index (χ4n) is 3.13. The molecule has 0 bridgehead atoms. The van der Waals surface area contributed by atoms with Crippen LogP contribution in [0.15, 0.2) is 30.3 Å². The number of nitrogens with one attached hydrogen (secondary N) is 1. The Bertz CT molecular complexity index is 442. The van der Waals surface area contributed by atoms with Crippen molar-refractivity contribution < 1.29 is 4.79 Å². The first-order chi connectivity index (χ1) is 9.27. The third-order valence-corrected chi connectivity index (χ3v) is 4.28. The van der Waals surface area contributed by atoms with E-state index in [0.29, 0.717) is 6.04 Å². The second kappa shape index (κ2) is 5.21. The number of piperidine rings is 1. The highest BCUT2D eigenvalue weighted by Crippen LogP contribution is 2.30. The van der Waals surface area contributed by atoms with Gasteiger partial charge in [-0.15, -0.1) is 0 Å². The largest absolute Gasteiger partial charge is 0.320 e. The Kier molecular flexibility index (Phi) is 3.42. The molecule has 2 atom stereocenters. The standard InChI is InChI=1S/C15H21N3O/c1-17-14(12-6-3-2-4-7-12)11-18(15(17)19)13-8-5-9-16-10-13/h2-4,6-7,13-14,16H,5,8-11H2,1H3. The molecule has 2 heterocycles. The number of hydrogen-bond acceptors (Lipinski definition) is 2. The lowest BCUT2D eigenvalue weighted by Crippen LogP contribution is -2.47. The summed E-state index contributed by atoms with van der Waals surface area (Å²) >= 11 is 0. The number of amides is 2. The van der Waals surface area contributed by atoms with Crippen molar-refractivity contribution in [3.63, 3.8) is 0 Å². The molecular weight excluding hydrogens is 238 g/mol. The highest BCUT2D eigenvalue weighted by atomic mass is 16.2. The van der Waals surface area contributed by atoms with E-state index in [1.807, 2.05) is 35.0 Å². The molecule has 0 spiro atoms. The van der Waals surface area contributed by atoms with Gasteiger partial charge in [0.25, 0.3) is 0 Å². The second-order valence-electron chi connectivity index (χ2n) is 5.47. The van der Waals surface area contributed by atoms with Crippen molar-refractivity contribution >= 4 is 6.03 Å². The number of carbonyl (C=O) groups excluding carboxylic acids is 1. The van der Waals surface area contributed by atoms with Crippen molar-refractivity contribution in [1.82, 2.24) is 15.1 Å². The molecule has 0 aliphatic carbocycles. The number of rotatable bonds is 2. The number of carbonyl (C=O) groups is 1. The zero-order chi connectivity index (χ0) is 13.2. The predicted molar refractivity (Wildman–Crippen MR) is 74.9 cm³/mol. The summed E-state index contributed by atoms with van der Waals surface area (Å²) < 4.78 is 0. The van der Waals surface area contributed by atoms with Crippen LogP contribution in [0.2, 0.25) is 0 Å². The molecule has 2 aliphatic heterocycles. The maximum Gasteiger partial charge on any atom is 0.320 e. The molecule has 2 aliphatic rings. The maximum absolute atomic E-state index is 12.4. The molecule has 19 heavy (non-hydrogen) atoms. The van der Waals surface area contributed by atoms with E-state index >= 15 is 0 Å². The lowest BCUT2D eigenvalue weighted by Gasteiger charge is -2.30. The summed E-state index contributed by atoms with van der Waals surface area (Å²) in [7, 11) is 1.91. The van der Waals surface area contributed by atoms with Crippen LogP contribution in [0.5, 0.6) is 0 Å². The molecular formula is C15H21N3O. The van der Waals surface area contributed by atoms with Crippen molar-refractivity contribution in [2.24, 2.45) is 0 Å². The fourth-order valence-corrected chi connectivity index (χ4v) is 3.13. The van der Waals surface area contributed by atoms with Crippen molar-refractivity contribution in [3.05, 3.63) is 35.9 Å². The van der Waals surface area contributed by atoms with Crippen LogP contribution in [-0.2, 0) is 0 Å². The molecule has 2 saturated heterocycles. The van der Waals surface area contributed by atoms with Crippen molar-refractivity contribution in [3.8, 4) is 0 Å². The van der Waals surface area contributed by atoms with Crippen LogP contribution in [-0.4, -0.2) is 48.6 Å². The van der Waals surface area contributed by atoms with Gasteiger partial charge >= 0.3 is 6.03 Å². The molecule has 2 unspecified atom stereocenters. The van der Waals surface area contributed by atoms with E-state index in [1.54, 1.807) is 0 Å². The average molecular weight is 259 g/mol. The molecule has 0 radical (unpaired) electrons. The van der Waals surface area contributed by atoms with E-state index < -0.39 is 0 Å². The van der Waals surface area contributed by atoms with E-state index in [4.69, 9.17) is 0 Å². The number of hydrogen-bond donors (Lipinski definition) is 1. The third-order valence-electron chi connectivity index (χ3n) is 4.28. The van der Waals surface area contributed by atoms with E-state index in [-0.39, 0.29) is 12.1 Å². The van der Waals surface area contributed by atoms with Crippen LogP contribution in [0.3, 0.4) is 0 Å². The number of urea groups is 1. The van der Waals surface area contributed by atoms with Crippen LogP contribution in [0.25, 0.3) is 0 Å².